The summed E-state index contributed by atoms with van der Waals surface area (Å²) in [5.41, 5.74) is 0.944. The minimum absolute atomic E-state index is 0.109. The van der Waals surface area contributed by atoms with Crippen LogP contribution in [0.25, 0.3) is 0 Å². The zero-order valence-corrected chi connectivity index (χ0v) is 12.5. The molecular weight excluding hydrogens is 291 g/mol. The molecule has 2 amide bonds. The van der Waals surface area contributed by atoms with Crippen LogP contribution in [-0.4, -0.2) is 17.9 Å². The number of benzene rings is 1. The first kappa shape index (κ1) is 15.2. The van der Waals surface area contributed by atoms with Crippen LogP contribution in [-0.2, 0) is 4.79 Å². The maximum Gasteiger partial charge on any atom is 0.261 e. The second-order valence-electron chi connectivity index (χ2n) is 4.65. The van der Waals surface area contributed by atoms with E-state index in [1.54, 1.807) is 43.5 Å². The highest BCUT2D eigenvalue weighted by Crippen LogP contribution is 2.16. The molecule has 110 valence electrons. The smallest absolute Gasteiger partial charge is 0.261 e. The van der Waals surface area contributed by atoms with E-state index in [9.17, 15) is 14.0 Å². The Morgan fingerprint density at radius 2 is 2.05 bits per heavy atom. The fourth-order valence-corrected chi connectivity index (χ4v) is 2.34. The van der Waals surface area contributed by atoms with Gasteiger partial charge in [0.15, 0.2) is 0 Å². The number of thiophene rings is 1. The van der Waals surface area contributed by atoms with Crippen molar-refractivity contribution >= 4 is 28.8 Å². The van der Waals surface area contributed by atoms with Gasteiger partial charge in [0, 0.05) is 0 Å². The molecule has 0 aliphatic heterocycles. The van der Waals surface area contributed by atoms with E-state index in [4.69, 9.17) is 0 Å². The second kappa shape index (κ2) is 6.49. The molecule has 4 nitrogen and oxygen atoms in total. The van der Waals surface area contributed by atoms with E-state index in [0.717, 1.165) is 5.56 Å². The molecule has 0 spiro atoms. The fourth-order valence-electron chi connectivity index (χ4n) is 1.72. The van der Waals surface area contributed by atoms with E-state index in [0.29, 0.717) is 4.88 Å². The van der Waals surface area contributed by atoms with Gasteiger partial charge in [-0.3, -0.25) is 9.59 Å². The third-order valence-electron chi connectivity index (χ3n) is 2.87. The minimum Gasteiger partial charge on any atom is -0.340 e. The SMILES string of the molecule is Cc1ccc(F)c(NC(=O)C(C)NC(=O)c2cccs2)c1. The number of hydrogen-bond donors (Lipinski definition) is 2. The zero-order valence-electron chi connectivity index (χ0n) is 11.6. The predicted molar refractivity (Wildman–Crippen MR) is 81.0 cm³/mol. The lowest BCUT2D eigenvalue weighted by Gasteiger charge is -2.14. The summed E-state index contributed by atoms with van der Waals surface area (Å²) in [7, 11) is 0. The van der Waals surface area contributed by atoms with Gasteiger partial charge in [-0.2, -0.15) is 0 Å². The third-order valence-corrected chi connectivity index (χ3v) is 3.73. The number of aryl methyl sites for hydroxylation is 1. The number of carbonyl (C=O) groups is 2. The first-order valence-corrected chi connectivity index (χ1v) is 7.26. The fraction of sp³-hybridized carbons (Fsp3) is 0.200. The summed E-state index contributed by atoms with van der Waals surface area (Å²) in [6.45, 7) is 3.35. The third kappa shape index (κ3) is 3.88. The molecule has 1 heterocycles. The van der Waals surface area contributed by atoms with Crippen molar-refractivity contribution in [2.75, 3.05) is 5.32 Å². The van der Waals surface area contributed by atoms with E-state index in [-0.39, 0.29) is 11.6 Å². The molecule has 1 unspecified atom stereocenters. The molecule has 0 saturated heterocycles. The molecule has 21 heavy (non-hydrogen) atoms. The molecule has 0 radical (unpaired) electrons. The van der Waals surface area contributed by atoms with Gasteiger partial charge in [0.1, 0.15) is 11.9 Å². The summed E-state index contributed by atoms with van der Waals surface area (Å²) >= 11 is 1.29. The quantitative estimate of drug-likeness (QED) is 0.912. The summed E-state index contributed by atoms with van der Waals surface area (Å²) in [5, 5.41) is 6.83. The van der Waals surface area contributed by atoms with Crippen molar-refractivity contribution in [1.29, 1.82) is 0 Å². The van der Waals surface area contributed by atoms with Crippen LogP contribution in [0.2, 0.25) is 0 Å². The van der Waals surface area contributed by atoms with Gasteiger partial charge in [0.25, 0.3) is 5.91 Å². The normalized spacial score (nSPS) is 11.8. The molecule has 6 heteroatoms. The average molecular weight is 306 g/mol. The van der Waals surface area contributed by atoms with Gasteiger partial charge in [-0.25, -0.2) is 4.39 Å². The molecule has 1 aromatic carbocycles. The van der Waals surface area contributed by atoms with Crippen LogP contribution in [0.4, 0.5) is 10.1 Å². The van der Waals surface area contributed by atoms with Crippen molar-refractivity contribution in [3.63, 3.8) is 0 Å². The van der Waals surface area contributed by atoms with Gasteiger partial charge in [-0.1, -0.05) is 12.1 Å². The lowest BCUT2D eigenvalue weighted by atomic mass is 10.2. The Morgan fingerprint density at radius 1 is 1.29 bits per heavy atom. The van der Waals surface area contributed by atoms with E-state index >= 15 is 0 Å². The highest BCUT2D eigenvalue weighted by Gasteiger charge is 2.18. The van der Waals surface area contributed by atoms with Crippen LogP contribution < -0.4 is 10.6 Å². The topological polar surface area (TPSA) is 58.2 Å². The van der Waals surface area contributed by atoms with Gasteiger partial charge in [0.2, 0.25) is 5.91 Å². The molecule has 2 N–H and O–H groups in total. The molecular formula is C15H15FN2O2S. The summed E-state index contributed by atoms with van der Waals surface area (Å²) in [5.74, 6) is -1.30. The number of amides is 2. The number of carbonyl (C=O) groups excluding carboxylic acids is 2. The van der Waals surface area contributed by atoms with Crippen molar-refractivity contribution < 1.29 is 14.0 Å². The number of rotatable bonds is 4. The average Bonchev–Trinajstić information content (AvgIpc) is 2.97. The molecule has 2 aromatic rings. The lowest BCUT2D eigenvalue weighted by molar-refractivity contribution is -0.117. The molecule has 1 atom stereocenters. The number of halogens is 1. The Hall–Kier alpha value is -2.21. The summed E-state index contributed by atoms with van der Waals surface area (Å²) in [6, 6.07) is 7.12. The van der Waals surface area contributed by atoms with Crippen molar-refractivity contribution in [3.8, 4) is 0 Å². The van der Waals surface area contributed by atoms with Crippen LogP contribution >= 0.6 is 11.3 Å². The van der Waals surface area contributed by atoms with Crippen LogP contribution in [0.5, 0.6) is 0 Å². The Labute approximate surface area is 126 Å². The summed E-state index contributed by atoms with van der Waals surface area (Å²) in [6.07, 6.45) is 0. The van der Waals surface area contributed by atoms with Crippen LogP contribution in [0.1, 0.15) is 22.2 Å². The number of anilines is 1. The Kier molecular flexibility index (Phi) is 4.70. The standard InChI is InChI=1S/C15H15FN2O2S/c1-9-5-6-11(16)12(8-9)18-14(19)10(2)17-15(20)13-4-3-7-21-13/h3-8,10H,1-2H3,(H,17,20)(H,18,19). The molecule has 2 rings (SSSR count). The molecule has 0 bridgehead atoms. The van der Waals surface area contributed by atoms with E-state index < -0.39 is 17.8 Å². The largest absolute Gasteiger partial charge is 0.340 e. The summed E-state index contributed by atoms with van der Waals surface area (Å²) in [4.78, 5) is 24.4. The van der Waals surface area contributed by atoms with Crippen LogP contribution in [0.3, 0.4) is 0 Å². The molecule has 1 aromatic heterocycles. The molecule has 0 saturated carbocycles. The monoisotopic (exact) mass is 306 g/mol. The number of hydrogen-bond acceptors (Lipinski definition) is 3. The maximum absolute atomic E-state index is 13.6. The van der Waals surface area contributed by atoms with Gasteiger partial charge in [-0.05, 0) is 43.0 Å². The van der Waals surface area contributed by atoms with Crippen molar-refractivity contribution in [1.82, 2.24) is 5.32 Å². The number of nitrogens with one attached hydrogen (secondary N) is 2. The van der Waals surface area contributed by atoms with Crippen molar-refractivity contribution in [3.05, 3.63) is 52.0 Å². The molecule has 0 fully saturated rings. The molecule has 0 aliphatic rings. The van der Waals surface area contributed by atoms with E-state index in [1.165, 1.54) is 17.4 Å². The highest BCUT2D eigenvalue weighted by molar-refractivity contribution is 7.12. The van der Waals surface area contributed by atoms with Crippen molar-refractivity contribution in [2.45, 2.75) is 19.9 Å². The zero-order chi connectivity index (χ0) is 15.4. The van der Waals surface area contributed by atoms with Crippen LogP contribution in [0.15, 0.2) is 35.7 Å². The van der Waals surface area contributed by atoms with Gasteiger partial charge in [0.05, 0.1) is 10.6 Å². The second-order valence-corrected chi connectivity index (χ2v) is 5.59. The summed E-state index contributed by atoms with van der Waals surface area (Å²) < 4.78 is 13.6. The Morgan fingerprint density at radius 3 is 2.71 bits per heavy atom. The van der Waals surface area contributed by atoms with Crippen molar-refractivity contribution in [2.24, 2.45) is 0 Å². The first-order chi connectivity index (χ1) is 9.97. The first-order valence-electron chi connectivity index (χ1n) is 6.39. The predicted octanol–water partition coefficient (Wildman–Crippen LogP) is 2.95. The van der Waals surface area contributed by atoms with Gasteiger partial charge in [-0.15, -0.1) is 11.3 Å². The van der Waals surface area contributed by atoms with E-state index in [2.05, 4.69) is 10.6 Å². The van der Waals surface area contributed by atoms with E-state index in [1.807, 2.05) is 0 Å². The lowest BCUT2D eigenvalue weighted by Crippen LogP contribution is -2.41. The Balaban J connectivity index is 1.99. The van der Waals surface area contributed by atoms with Gasteiger partial charge < -0.3 is 10.6 Å². The highest BCUT2D eigenvalue weighted by atomic mass is 32.1. The maximum atomic E-state index is 13.6. The minimum atomic E-state index is -0.764. The van der Waals surface area contributed by atoms with Crippen LogP contribution in [0, 0.1) is 12.7 Å². The Bertz CT molecular complexity index is 656. The van der Waals surface area contributed by atoms with Gasteiger partial charge >= 0.3 is 0 Å². The molecule has 0 aliphatic carbocycles.